The molecule has 1 aliphatic rings. The van der Waals surface area contributed by atoms with Crippen LogP contribution in [0.4, 0.5) is 0 Å². The van der Waals surface area contributed by atoms with Crippen molar-refractivity contribution in [1.29, 1.82) is 0 Å². The van der Waals surface area contributed by atoms with Crippen molar-refractivity contribution in [3.63, 3.8) is 0 Å². The number of esters is 1. The maximum atomic E-state index is 11.1. The molecular formula is C9H12O5. The van der Waals surface area contributed by atoms with Gasteiger partial charge in [0.05, 0.1) is 18.9 Å². The molecule has 1 fully saturated rings. The van der Waals surface area contributed by atoms with Gasteiger partial charge in [0, 0.05) is 12.8 Å². The number of rotatable bonds is 2. The fraction of sp³-hybridized carbons (Fsp3) is 0.667. The number of ketones is 1. The minimum atomic E-state index is -1.02. The Bertz CT molecular complexity index is 270. The smallest absolute Gasteiger partial charge is 0.309 e. The van der Waals surface area contributed by atoms with E-state index in [2.05, 4.69) is 4.74 Å². The predicted octanol–water partition coefficient (Wildman–Crippen LogP) is 0.229. The highest BCUT2D eigenvalue weighted by molar-refractivity contribution is 5.89. The lowest BCUT2D eigenvalue weighted by molar-refractivity contribution is -0.153. The van der Waals surface area contributed by atoms with E-state index in [1.54, 1.807) is 0 Å². The lowest BCUT2D eigenvalue weighted by Crippen LogP contribution is -2.32. The van der Waals surface area contributed by atoms with E-state index in [9.17, 15) is 14.4 Å². The van der Waals surface area contributed by atoms with Gasteiger partial charge >= 0.3 is 11.9 Å². The molecule has 1 rings (SSSR count). The molecule has 5 nitrogen and oxygen atoms in total. The Morgan fingerprint density at radius 1 is 1.36 bits per heavy atom. The minimum absolute atomic E-state index is 0.0306. The summed E-state index contributed by atoms with van der Waals surface area (Å²) in [6.07, 6.45) is 0.340. The largest absolute Gasteiger partial charge is 0.481 e. The topological polar surface area (TPSA) is 80.7 Å². The fourth-order valence-electron chi connectivity index (χ4n) is 1.68. The zero-order valence-corrected chi connectivity index (χ0v) is 7.86. The molecule has 0 radical (unpaired) electrons. The van der Waals surface area contributed by atoms with Crippen molar-refractivity contribution >= 4 is 17.7 Å². The highest BCUT2D eigenvalue weighted by Crippen LogP contribution is 2.27. The number of ether oxygens (including phenoxy) is 1. The molecule has 5 heteroatoms. The summed E-state index contributed by atoms with van der Waals surface area (Å²) >= 11 is 0. The molecule has 0 saturated heterocycles. The maximum absolute atomic E-state index is 11.1. The van der Waals surface area contributed by atoms with Crippen molar-refractivity contribution in [2.45, 2.75) is 19.3 Å². The zero-order valence-electron chi connectivity index (χ0n) is 7.86. The van der Waals surface area contributed by atoms with Crippen LogP contribution in [-0.2, 0) is 19.1 Å². The number of hydrogen-bond donors (Lipinski definition) is 1. The van der Waals surface area contributed by atoms with Crippen molar-refractivity contribution in [2.75, 3.05) is 7.11 Å². The highest BCUT2D eigenvalue weighted by atomic mass is 16.5. The van der Waals surface area contributed by atoms with Crippen LogP contribution < -0.4 is 0 Å². The fourth-order valence-corrected chi connectivity index (χ4v) is 1.68. The van der Waals surface area contributed by atoms with Crippen molar-refractivity contribution in [1.82, 2.24) is 0 Å². The van der Waals surface area contributed by atoms with Crippen molar-refractivity contribution in [2.24, 2.45) is 11.8 Å². The second-order valence-electron chi connectivity index (χ2n) is 3.44. The standard InChI is InChI=1S/C9H12O5/c1-14-9(13)6-2-5(8(11)12)3-7(10)4-6/h5-6H,2-4H2,1H3,(H,11,12). The average Bonchev–Trinajstić information content (AvgIpc) is 2.15. The molecule has 0 aromatic heterocycles. The molecule has 0 aliphatic heterocycles. The summed E-state index contributed by atoms with van der Waals surface area (Å²) in [5.74, 6) is -3.02. The van der Waals surface area contributed by atoms with Gasteiger partial charge < -0.3 is 9.84 Å². The number of carboxylic acids is 1. The van der Waals surface area contributed by atoms with Gasteiger partial charge in [-0.05, 0) is 6.42 Å². The van der Waals surface area contributed by atoms with Crippen LogP contribution in [0.1, 0.15) is 19.3 Å². The average molecular weight is 200 g/mol. The molecule has 1 N–H and O–H groups in total. The van der Waals surface area contributed by atoms with Crippen LogP contribution in [0, 0.1) is 11.8 Å². The summed E-state index contributed by atoms with van der Waals surface area (Å²) in [7, 11) is 1.23. The molecule has 78 valence electrons. The van der Waals surface area contributed by atoms with Gasteiger partial charge in [-0.15, -0.1) is 0 Å². The van der Waals surface area contributed by atoms with E-state index in [1.165, 1.54) is 7.11 Å². The number of methoxy groups -OCH3 is 1. The number of Topliss-reactive ketones (excluding diaryl/α,β-unsaturated/α-hetero) is 1. The van der Waals surface area contributed by atoms with Crippen LogP contribution in [0.5, 0.6) is 0 Å². The minimum Gasteiger partial charge on any atom is -0.481 e. The molecule has 1 saturated carbocycles. The second-order valence-corrected chi connectivity index (χ2v) is 3.44. The summed E-state index contributed by atoms with van der Waals surface area (Å²) in [5, 5.41) is 8.72. The third-order valence-corrected chi connectivity index (χ3v) is 2.40. The van der Waals surface area contributed by atoms with Gasteiger partial charge in [0.2, 0.25) is 0 Å². The third-order valence-electron chi connectivity index (χ3n) is 2.40. The normalized spacial score (nSPS) is 27.1. The number of carbonyl (C=O) groups is 3. The monoisotopic (exact) mass is 200 g/mol. The Balaban J connectivity index is 2.67. The van der Waals surface area contributed by atoms with Gasteiger partial charge in [-0.3, -0.25) is 14.4 Å². The molecule has 1 aliphatic carbocycles. The Hall–Kier alpha value is -1.39. The molecule has 0 heterocycles. The summed E-state index contributed by atoms with van der Waals surface area (Å²) in [6, 6.07) is 0. The Morgan fingerprint density at radius 3 is 2.43 bits per heavy atom. The van der Waals surface area contributed by atoms with Crippen LogP contribution in [0.25, 0.3) is 0 Å². The maximum Gasteiger partial charge on any atom is 0.309 e. The summed E-state index contributed by atoms with van der Waals surface area (Å²) in [5.41, 5.74) is 0. The molecule has 0 aromatic carbocycles. The van der Waals surface area contributed by atoms with Gasteiger partial charge in [0.15, 0.2) is 0 Å². The van der Waals surface area contributed by atoms with Gasteiger partial charge in [-0.1, -0.05) is 0 Å². The molecule has 14 heavy (non-hydrogen) atoms. The van der Waals surface area contributed by atoms with Crippen molar-refractivity contribution in [3.05, 3.63) is 0 Å². The Morgan fingerprint density at radius 2 is 1.93 bits per heavy atom. The first-order valence-electron chi connectivity index (χ1n) is 4.37. The predicted molar refractivity (Wildman–Crippen MR) is 45.5 cm³/mol. The SMILES string of the molecule is COC(=O)C1CC(=O)CC(C(=O)O)C1. The highest BCUT2D eigenvalue weighted by Gasteiger charge is 2.35. The van der Waals surface area contributed by atoms with E-state index >= 15 is 0 Å². The first kappa shape index (κ1) is 10.7. The Kier molecular flexibility index (Phi) is 3.22. The van der Waals surface area contributed by atoms with E-state index in [-0.39, 0.29) is 25.0 Å². The molecule has 0 spiro atoms. The molecule has 0 aromatic rings. The summed E-state index contributed by atoms with van der Waals surface area (Å²) in [6.45, 7) is 0. The number of hydrogen-bond acceptors (Lipinski definition) is 4. The van der Waals surface area contributed by atoms with Crippen LogP contribution in [0.15, 0.2) is 0 Å². The molecular weight excluding hydrogens is 188 g/mol. The third kappa shape index (κ3) is 2.31. The van der Waals surface area contributed by atoms with Gasteiger partial charge in [-0.2, -0.15) is 0 Å². The number of carbonyl (C=O) groups excluding carboxylic acids is 2. The molecule has 2 unspecified atom stereocenters. The first-order valence-corrected chi connectivity index (χ1v) is 4.37. The Labute approximate surface area is 81.0 Å². The molecule has 2 atom stereocenters. The summed E-state index contributed by atoms with van der Waals surface area (Å²) in [4.78, 5) is 32.9. The van der Waals surface area contributed by atoms with Crippen LogP contribution in [-0.4, -0.2) is 29.9 Å². The number of carboxylic acid groups (broad SMARTS) is 1. The van der Waals surface area contributed by atoms with Gasteiger partial charge in [0.1, 0.15) is 5.78 Å². The lowest BCUT2D eigenvalue weighted by atomic mass is 9.81. The zero-order chi connectivity index (χ0) is 10.7. The van der Waals surface area contributed by atoms with Crippen molar-refractivity contribution < 1.29 is 24.2 Å². The van der Waals surface area contributed by atoms with Crippen LogP contribution >= 0.6 is 0 Å². The van der Waals surface area contributed by atoms with E-state index in [0.29, 0.717) is 0 Å². The summed E-state index contributed by atoms with van der Waals surface area (Å²) < 4.78 is 4.48. The van der Waals surface area contributed by atoms with E-state index in [1.807, 2.05) is 0 Å². The van der Waals surface area contributed by atoms with Crippen LogP contribution in [0.3, 0.4) is 0 Å². The van der Waals surface area contributed by atoms with E-state index < -0.39 is 23.8 Å². The van der Waals surface area contributed by atoms with Crippen LogP contribution in [0.2, 0.25) is 0 Å². The van der Waals surface area contributed by atoms with Gasteiger partial charge in [0.25, 0.3) is 0 Å². The van der Waals surface area contributed by atoms with E-state index in [0.717, 1.165) is 0 Å². The van der Waals surface area contributed by atoms with E-state index in [4.69, 9.17) is 5.11 Å². The molecule has 0 bridgehead atoms. The van der Waals surface area contributed by atoms with Gasteiger partial charge in [-0.25, -0.2) is 0 Å². The quantitative estimate of drug-likeness (QED) is 0.645. The first-order chi connectivity index (χ1) is 6.54. The lowest BCUT2D eigenvalue weighted by Gasteiger charge is -2.23. The van der Waals surface area contributed by atoms with Crippen molar-refractivity contribution in [3.8, 4) is 0 Å². The number of aliphatic carboxylic acids is 1. The molecule has 0 amide bonds. The second kappa shape index (κ2) is 4.21.